The van der Waals surface area contributed by atoms with E-state index in [1.54, 1.807) is 0 Å². The van der Waals surface area contributed by atoms with Crippen LogP contribution in [0.2, 0.25) is 0 Å². The number of fused-ring (bicyclic) bond motifs is 3. The minimum Gasteiger partial charge on any atom is -0.0622 e. The fourth-order valence-electron chi connectivity index (χ4n) is 6.51. The van der Waals surface area contributed by atoms with Gasteiger partial charge in [0.2, 0.25) is 0 Å². The van der Waals surface area contributed by atoms with Gasteiger partial charge in [-0.1, -0.05) is 158 Å². The zero-order valence-corrected chi connectivity index (χ0v) is 23.2. The Hall–Kier alpha value is -5.46. The van der Waals surface area contributed by atoms with Crippen LogP contribution in [0.25, 0.3) is 76.8 Å². The highest BCUT2D eigenvalue weighted by Gasteiger charge is 2.19. The SMILES string of the molecule is c1ccc(-c2ccc(-c3ccccc3)c(-c3c4ccccc4c(-c4ccc5ccccc5c4)c4ccccc34)c2)cc1. The quantitative estimate of drug-likeness (QED) is 0.198. The Bertz CT molecular complexity index is 2170. The van der Waals surface area contributed by atoms with Crippen molar-refractivity contribution in [3.05, 3.63) is 170 Å². The van der Waals surface area contributed by atoms with E-state index in [4.69, 9.17) is 0 Å². The first-order chi connectivity index (χ1) is 20.8. The van der Waals surface area contributed by atoms with Crippen LogP contribution >= 0.6 is 0 Å². The molecule has 0 aromatic heterocycles. The van der Waals surface area contributed by atoms with Crippen LogP contribution in [-0.2, 0) is 0 Å². The first kappa shape index (κ1) is 24.3. The van der Waals surface area contributed by atoms with Crippen LogP contribution in [-0.4, -0.2) is 0 Å². The van der Waals surface area contributed by atoms with Gasteiger partial charge in [0, 0.05) is 0 Å². The summed E-state index contributed by atoms with van der Waals surface area (Å²) in [4.78, 5) is 0. The van der Waals surface area contributed by atoms with Crippen LogP contribution in [0.15, 0.2) is 170 Å². The molecule has 8 aromatic carbocycles. The van der Waals surface area contributed by atoms with Crippen molar-refractivity contribution in [2.45, 2.75) is 0 Å². The second kappa shape index (κ2) is 10.2. The summed E-state index contributed by atoms with van der Waals surface area (Å²) in [5.41, 5.74) is 9.97. The maximum absolute atomic E-state index is 2.39. The summed E-state index contributed by atoms with van der Waals surface area (Å²) in [5, 5.41) is 7.59. The van der Waals surface area contributed by atoms with Gasteiger partial charge < -0.3 is 0 Å². The molecule has 0 saturated heterocycles. The first-order valence-electron chi connectivity index (χ1n) is 14.5. The molecule has 0 spiro atoms. The van der Waals surface area contributed by atoms with Crippen molar-refractivity contribution < 1.29 is 0 Å². The molecule has 0 unspecified atom stereocenters. The van der Waals surface area contributed by atoms with E-state index < -0.39 is 0 Å². The van der Waals surface area contributed by atoms with E-state index in [0.717, 1.165) is 0 Å². The number of rotatable bonds is 4. The molecular weight excluding hydrogens is 504 g/mol. The number of hydrogen-bond donors (Lipinski definition) is 0. The van der Waals surface area contributed by atoms with E-state index in [9.17, 15) is 0 Å². The zero-order valence-electron chi connectivity index (χ0n) is 23.2. The van der Waals surface area contributed by atoms with Crippen molar-refractivity contribution in [2.24, 2.45) is 0 Å². The molecule has 0 saturated carbocycles. The molecule has 0 N–H and O–H groups in total. The molecule has 0 atom stereocenters. The molecule has 0 fully saturated rings. The third-order valence-electron chi connectivity index (χ3n) is 8.45. The molecule has 0 aliphatic rings. The standard InChI is InChI=1S/C42H28/c1-3-13-29(14-4-1)33-25-26-35(31-16-5-2-6-17-31)40(28-33)42-38-21-11-9-19-36(38)41(37-20-10-12-22-39(37)42)34-24-23-30-15-7-8-18-32(30)27-34/h1-28H. The highest BCUT2D eigenvalue weighted by molar-refractivity contribution is 6.22. The molecule has 0 nitrogen and oxygen atoms in total. The summed E-state index contributed by atoms with van der Waals surface area (Å²) in [6, 6.07) is 61.8. The van der Waals surface area contributed by atoms with Gasteiger partial charge in [0.15, 0.2) is 0 Å². The second-order valence-electron chi connectivity index (χ2n) is 10.9. The van der Waals surface area contributed by atoms with Crippen molar-refractivity contribution in [3.8, 4) is 44.5 Å². The van der Waals surface area contributed by atoms with E-state index in [1.807, 2.05) is 0 Å². The minimum absolute atomic E-state index is 1.22. The molecule has 8 aromatic rings. The molecular formula is C42H28. The van der Waals surface area contributed by atoms with Crippen LogP contribution in [0, 0.1) is 0 Å². The van der Waals surface area contributed by atoms with Crippen LogP contribution in [0.3, 0.4) is 0 Å². The van der Waals surface area contributed by atoms with Crippen molar-refractivity contribution in [2.75, 3.05) is 0 Å². The first-order valence-corrected chi connectivity index (χ1v) is 14.5. The lowest BCUT2D eigenvalue weighted by atomic mass is 9.82. The molecule has 0 radical (unpaired) electrons. The summed E-state index contributed by atoms with van der Waals surface area (Å²) < 4.78 is 0. The molecule has 0 aliphatic heterocycles. The Labute approximate surface area is 246 Å². The van der Waals surface area contributed by atoms with Crippen molar-refractivity contribution >= 4 is 32.3 Å². The highest BCUT2D eigenvalue weighted by atomic mass is 14.2. The van der Waals surface area contributed by atoms with Gasteiger partial charge in [-0.25, -0.2) is 0 Å². The van der Waals surface area contributed by atoms with Gasteiger partial charge in [-0.3, -0.25) is 0 Å². The topological polar surface area (TPSA) is 0 Å². The van der Waals surface area contributed by atoms with Gasteiger partial charge in [0.05, 0.1) is 0 Å². The van der Waals surface area contributed by atoms with Crippen molar-refractivity contribution in [1.82, 2.24) is 0 Å². The predicted molar refractivity (Wildman–Crippen MR) is 181 cm³/mol. The van der Waals surface area contributed by atoms with Gasteiger partial charge in [-0.05, 0) is 89.0 Å². The lowest BCUT2D eigenvalue weighted by Crippen LogP contribution is -1.93. The van der Waals surface area contributed by atoms with Gasteiger partial charge in [0.1, 0.15) is 0 Å². The smallest absolute Gasteiger partial charge is 0.00199 e. The molecule has 196 valence electrons. The van der Waals surface area contributed by atoms with Gasteiger partial charge in [-0.2, -0.15) is 0 Å². The average molecular weight is 533 g/mol. The second-order valence-corrected chi connectivity index (χ2v) is 10.9. The molecule has 0 heterocycles. The van der Waals surface area contributed by atoms with Crippen LogP contribution in [0.5, 0.6) is 0 Å². The third kappa shape index (κ3) is 4.08. The Morgan fingerprint density at radius 1 is 0.238 bits per heavy atom. The lowest BCUT2D eigenvalue weighted by Gasteiger charge is -2.20. The highest BCUT2D eigenvalue weighted by Crippen LogP contribution is 2.47. The lowest BCUT2D eigenvalue weighted by molar-refractivity contribution is 1.58. The Balaban J connectivity index is 1.49. The monoisotopic (exact) mass is 532 g/mol. The molecule has 0 bridgehead atoms. The van der Waals surface area contributed by atoms with Crippen molar-refractivity contribution in [1.29, 1.82) is 0 Å². The van der Waals surface area contributed by atoms with Crippen molar-refractivity contribution in [3.63, 3.8) is 0 Å². The number of benzene rings is 8. The molecule has 8 rings (SSSR count). The maximum Gasteiger partial charge on any atom is -0.00199 e. The summed E-state index contributed by atoms with van der Waals surface area (Å²) in [5.74, 6) is 0. The van der Waals surface area contributed by atoms with Crippen LogP contribution in [0.1, 0.15) is 0 Å². The van der Waals surface area contributed by atoms with E-state index in [0.29, 0.717) is 0 Å². The van der Waals surface area contributed by atoms with Crippen LogP contribution < -0.4 is 0 Å². The maximum atomic E-state index is 2.39. The summed E-state index contributed by atoms with van der Waals surface area (Å²) >= 11 is 0. The largest absolute Gasteiger partial charge is 0.0622 e. The molecule has 0 amide bonds. The fourth-order valence-corrected chi connectivity index (χ4v) is 6.51. The van der Waals surface area contributed by atoms with Gasteiger partial charge in [-0.15, -0.1) is 0 Å². The summed E-state index contributed by atoms with van der Waals surface area (Å²) in [7, 11) is 0. The summed E-state index contributed by atoms with van der Waals surface area (Å²) in [6.07, 6.45) is 0. The predicted octanol–water partition coefficient (Wildman–Crippen LogP) is 11.8. The average Bonchev–Trinajstić information content (AvgIpc) is 3.07. The molecule has 42 heavy (non-hydrogen) atoms. The van der Waals surface area contributed by atoms with E-state index >= 15 is 0 Å². The van der Waals surface area contributed by atoms with E-state index in [2.05, 4.69) is 170 Å². The summed E-state index contributed by atoms with van der Waals surface area (Å²) in [6.45, 7) is 0. The number of hydrogen-bond acceptors (Lipinski definition) is 0. The third-order valence-corrected chi connectivity index (χ3v) is 8.45. The van der Waals surface area contributed by atoms with Gasteiger partial charge in [0.25, 0.3) is 0 Å². The normalized spacial score (nSPS) is 11.3. The Morgan fingerprint density at radius 3 is 1.38 bits per heavy atom. The van der Waals surface area contributed by atoms with Crippen LogP contribution in [0.4, 0.5) is 0 Å². The molecule has 0 aliphatic carbocycles. The van der Waals surface area contributed by atoms with E-state index in [1.165, 1.54) is 76.8 Å². The Kier molecular flexibility index (Phi) is 5.90. The zero-order chi connectivity index (χ0) is 27.9. The Morgan fingerprint density at radius 2 is 0.738 bits per heavy atom. The van der Waals surface area contributed by atoms with Gasteiger partial charge >= 0.3 is 0 Å². The fraction of sp³-hybridized carbons (Fsp3) is 0. The van der Waals surface area contributed by atoms with E-state index in [-0.39, 0.29) is 0 Å². The minimum atomic E-state index is 1.22. The molecule has 0 heteroatoms.